The highest BCUT2D eigenvalue weighted by Crippen LogP contribution is 2.34. The molecule has 2 atom stereocenters. The molecular formula is C19H29N3O2. The van der Waals surface area contributed by atoms with Crippen LogP contribution in [0.15, 0.2) is 24.3 Å². The number of nitrogens with one attached hydrogen (secondary N) is 2. The minimum absolute atomic E-state index is 0.115. The van der Waals surface area contributed by atoms with Crippen LogP contribution in [-0.4, -0.2) is 42.7 Å². The fraction of sp³-hybridized carbons (Fsp3) is 0.632. The fourth-order valence-electron chi connectivity index (χ4n) is 4.27. The number of amides is 2. The average Bonchev–Trinajstić information content (AvgIpc) is 2.56. The van der Waals surface area contributed by atoms with E-state index in [1.54, 1.807) is 7.11 Å². The lowest BCUT2D eigenvalue weighted by Crippen LogP contribution is -2.57. The summed E-state index contributed by atoms with van der Waals surface area (Å²) < 4.78 is 5.19. The second-order valence-corrected chi connectivity index (χ2v) is 6.98. The van der Waals surface area contributed by atoms with Gasteiger partial charge in [-0.1, -0.05) is 19.4 Å². The van der Waals surface area contributed by atoms with Crippen LogP contribution in [0.4, 0.5) is 10.5 Å². The normalized spacial score (nSPS) is 26.7. The van der Waals surface area contributed by atoms with Gasteiger partial charge in [0.25, 0.3) is 0 Å². The van der Waals surface area contributed by atoms with Gasteiger partial charge in [-0.05, 0) is 50.8 Å². The number of rotatable bonds is 5. The van der Waals surface area contributed by atoms with E-state index < -0.39 is 0 Å². The van der Waals surface area contributed by atoms with Gasteiger partial charge in [0.2, 0.25) is 0 Å². The third-order valence-electron chi connectivity index (χ3n) is 5.27. The number of benzene rings is 1. The summed E-state index contributed by atoms with van der Waals surface area (Å²) in [6.07, 6.45) is 7.22. The molecule has 0 aliphatic carbocycles. The van der Waals surface area contributed by atoms with Crippen LogP contribution >= 0.6 is 0 Å². The van der Waals surface area contributed by atoms with Crippen molar-refractivity contribution in [3.8, 4) is 5.75 Å². The van der Waals surface area contributed by atoms with Crippen LogP contribution in [0.3, 0.4) is 0 Å². The standard InChI is InChI=1S/C19H29N3O2/c1-3-10-22-16-7-5-8-17(22)12-15(11-16)21-19(23)20-14-6-4-9-18(13-14)24-2/h4,6,9,13,15-17H,3,5,7-8,10-12H2,1-2H3,(H2,20,21,23). The smallest absolute Gasteiger partial charge is 0.319 e. The second kappa shape index (κ2) is 7.88. The van der Waals surface area contributed by atoms with Crippen LogP contribution in [-0.2, 0) is 0 Å². The summed E-state index contributed by atoms with van der Waals surface area (Å²) in [5.41, 5.74) is 0.760. The zero-order valence-corrected chi connectivity index (χ0v) is 14.8. The molecule has 2 bridgehead atoms. The van der Waals surface area contributed by atoms with Crippen molar-refractivity contribution in [3.05, 3.63) is 24.3 Å². The van der Waals surface area contributed by atoms with E-state index in [-0.39, 0.29) is 12.1 Å². The van der Waals surface area contributed by atoms with E-state index in [9.17, 15) is 4.79 Å². The second-order valence-electron chi connectivity index (χ2n) is 6.98. The number of urea groups is 1. The Morgan fingerprint density at radius 1 is 1.29 bits per heavy atom. The Labute approximate surface area is 144 Å². The molecule has 2 amide bonds. The van der Waals surface area contributed by atoms with Gasteiger partial charge in [0, 0.05) is 29.9 Å². The van der Waals surface area contributed by atoms with Crippen molar-refractivity contribution in [2.75, 3.05) is 19.0 Å². The maximum Gasteiger partial charge on any atom is 0.319 e. The van der Waals surface area contributed by atoms with Crippen molar-refractivity contribution in [3.63, 3.8) is 0 Å². The number of hydrogen-bond acceptors (Lipinski definition) is 3. The average molecular weight is 331 g/mol. The Hall–Kier alpha value is -1.75. The SMILES string of the molecule is CCCN1C2CCCC1CC(NC(=O)Nc1cccc(OC)c1)C2. The molecule has 1 aromatic carbocycles. The van der Waals surface area contributed by atoms with E-state index >= 15 is 0 Å². The summed E-state index contributed by atoms with van der Waals surface area (Å²) in [4.78, 5) is 15.0. The molecule has 0 spiro atoms. The molecule has 2 N–H and O–H groups in total. The molecule has 5 nitrogen and oxygen atoms in total. The van der Waals surface area contributed by atoms with Crippen molar-refractivity contribution in [2.24, 2.45) is 0 Å². The monoisotopic (exact) mass is 331 g/mol. The van der Waals surface area contributed by atoms with Gasteiger partial charge in [-0.3, -0.25) is 4.90 Å². The summed E-state index contributed by atoms with van der Waals surface area (Å²) in [6.45, 7) is 3.44. The van der Waals surface area contributed by atoms with Gasteiger partial charge in [0.05, 0.1) is 7.11 Å². The lowest BCUT2D eigenvalue weighted by atomic mass is 9.81. The number of methoxy groups -OCH3 is 1. The van der Waals surface area contributed by atoms with Crippen LogP contribution < -0.4 is 15.4 Å². The Balaban J connectivity index is 1.55. The molecule has 2 heterocycles. The first-order valence-electron chi connectivity index (χ1n) is 9.17. The first-order valence-corrected chi connectivity index (χ1v) is 9.17. The third kappa shape index (κ3) is 4.01. The van der Waals surface area contributed by atoms with E-state index in [2.05, 4.69) is 22.5 Å². The van der Waals surface area contributed by atoms with Crippen LogP contribution in [0.2, 0.25) is 0 Å². The number of carbonyl (C=O) groups is 1. The van der Waals surface area contributed by atoms with E-state index in [0.29, 0.717) is 12.1 Å². The summed E-state index contributed by atoms with van der Waals surface area (Å²) in [5.74, 6) is 0.746. The Morgan fingerprint density at radius 3 is 2.71 bits per heavy atom. The quantitative estimate of drug-likeness (QED) is 0.866. The number of carbonyl (C=O) groups excluding carboxylic acids is 1. The van der Waals surface area contributed by atoms with Crippen molar-refractivity contribution in [1.29, 1.82) is 0 Å². The number of nitrogens with zero attached hydrogens (tertiary/aromatic N) is 1. The maximum atomic E-state index is 12.3. The molecule has 5 heteroatoms. The number of ether oxygens (including phenoxy) is 1. The molecule has 0 aromatic heterocycles. The van der Waals surface area contributed by atoms with E-state index in [1.165, 1.54) is 32.2 Å². The molecule has 2 saturated heterocycles. The van der Waals surface area contributed by atoms with Gasteiger partial charge in [0.1, 0.15) is 5.75 Å². The van der Waals surface area contributed by atoms with Crippen LogP contribution in [0.1, 0.15) is 45.4 Å². The zero-order chi connectivity index (χ0) is 16.9. The van der Waals surface area contributed by atoms with Crippen molar-refractivity contribution in [1.82, 2.24) is 10.2 Å². The highest BCUT2D eigenvalue weighted by atomic mass is 16.5. The minimum Gasteiger partial charge on any atom is -0.497 e. The predicted molar refractivity (Wildman–Crippen MR) is 96.6 cm³/mol. The molecule has 2 aliphatic rings. The predicted octanol–water partition coefficient (Wildman–Crippen LogP) is 3.61. The van der Waals surface area contributed by atoms with Crippen molar-refractivity contribution in [2.45, 2.75) is 63.6 Å². The van der Waals surface area contributed by atoms with Crippen molar-refractivity contribution >= 4 is 11.7 Å². The van der Waals surface area contributed by atoms with Crippen LogP contribution in [0.5, 0.6) is 5.75 Å². The van der Waals surface area contributed by atoms with Crippen LogP contribution in [0, 0.1) is 0 Å². The van der Waals surface area contributed by atoms with Gasteiger partial charge in [-0.15, -0.1) is 0 Å². The lowest BCUT2D eigenvalue weighted by molar-refractivity contribution is 0.0272. The largest absolute Gasteiger partial charge is 0.497 e. The fourth-order valence-corrected chi connectivity index (χ4v) is 4.27. The Bertz CT molecular complexity index is 549. The molecule has 2 fully saturated rings. The van der Waals surface area contributed by atoms with Gasteiger partial charge < -0.3 is 15.4 Å². The lowest BCUT2D eigenvalue weighted by Gasteiger charge is -2.49. The minimum atomic E-state index is -0.115. The van der Waals surface area contributed by atoms with E-state index in [1.807, 2.05) is 24.3 Å². The molecule has 0 radical (unpaired) electrons. The van der Waals surface area contributed by atoms with Gasteiger partial charge in [0.15, 0.2) is 0 Å². The molecule has 3 rings (SSSR count). The van der Waals surface area contributed by atoms with E-state index in [4.69, 9.17) is 4.74 Å². The molecule has 2 aliphatic heterocycles. The molecule has 2 unspecified atom stereocenters. The molecule has 1 aromatic rings. The van der Waals surface area contributed by atoms with Gasteiger partial charge in [-0.2, -0.15) is 0 Å². The number of fused-ring (bicyclic) bond motifs is 2. The van der Waals surface area contributed by atoms with Crippen LogP contribution in [0.25, 0.3) is 0 Å². The molecule has 132 valence electrons. The Morgan fingerprint density at radius 2 is 2.04 bits per heavy atom. The van der Waals surface area contributed by atoms with Gasteiger partial charge in [-0.25, -0.2) is 4.79 Å². The van der Waals surface area contributed by atoms with Crippen molar-refractivity contribution < 1.29 is 9.53 Å². The summed E-state index contributed by atoms with van der Waals surface area (Å²) in [7, 11) is 1.63. The number of hydrogen-bond donors (Lipinski definition) is 2. The van der Waals surface area contributed by atoms with Gasteiger partial charge >= 0.3 is 6.03 Å². The first-order chi connectivity index (χ1) is 11.7. The first kappa shape index (κ1) is 17.1. The zero-order valence-electron chi connectivity index (χ0n) is 14.8. The summed E-state index contributed by atoms with van der Waals surface area (Å²) in [5, 5.41) is 6.10. The topological polar surface area (TPSA) is 53.6 Å². The number of anilines is 1. The molecule has 0 saturated carbocycles. The summed E-state index contributed by atoms with van der Waals surface area (Å²) >= 11 is 0. The number of piperidine rings is 2. The maximum absolute atomic E-state index is 12.3. The van der Waals surface area contributed by atoms with E-state index in [0.717, 1.165) is 24.3 Å². The third-order valence-corrected chi connectivity index (χ3v) is 5.27. The Kier molecular flexibility index (Phi) is 5.61. The highest BCUT2D eigenvalue weighted by Gasteiger charge is 2.38. The highest BCUT2D eigenvalue weighted by molar-refractivity contribution is 5.89. The molecule has 24 heavy (non-hydrogen) atoms. The summed E-state index contributed by atoms with van der Waals surface area (Å²) in [6, 6.07) is 8.89. The molecular weight excluding hydrogens is 302 g/mol.